The molecule has 1 fully saturated rings. The minimum Gasteiger partial charge on any atom is -0.481 e. The minimum absolute atomic E-state index is 0.196. The molecule has 1 aromatic rings. The second-order valence-corrected chi connectivity index (χ2v) is 5.94. The smallest absolute Gasteiger partial charge is 0.307 e. The molecule has 0 bridgehead atoms. The topological polar surface area (TPSA) is 53.4 Å². The van der Waals surface area contributed by atoms with Crippen LogP contribution in [0.1, 0.15) is 28.4 Å². The normalized spacial score (nSPS) is 21.6. The average molecular weight is 254 g/mol. The van der Waals surface area contributed by atoms with Crippen LogP contribution in [0.5, 0.6) is 0 Å². The Hall–Kier alpha value is -0.940. The van der Waals surface area contributed by atoms with E-state index in [1.807, 2.05) is 13.8 Å². The lowest BCUT2D eigenvalue weighted by Crippen LogP contribution is -2.38. The van der Waals surface area contributed by atoms with Crippen molar-refractivity contribution in [3.05, 3.63) is 15.6 Å². The van der Waals surface area contributed by atoms with Crippen molar-refractivity contribution in [1.29, 1.82) is 0 Å². The largest absolute Gasteiger partial charge is 0.481 e. The van der Waals surface area contributed by atoms with E-state index in [0.717, 1.165) is 36.6 Å². The lowest BCUT2D eigenvalue weighted by molar-refractivity contribution is -0.143. The van der Waals surface area contributed by atoms with Crippen LogP contribution in [0.2, 0.25) is 0 Å². The van der Waals surface area contributed by atoms with Crippen molar-refractivity contribution in [3.63, 3.8) is 0 Å². The summed E-state index contributed by atoms with van der Waals surface area (Å²) in [5.41, 5.74) is 1.09. The number of piperidine rings is 1. The molecule has 17 heavy (non-hydrogen) atoms. The zero-order chi connectivity index (χ0) is 12.4. The Morgan fingerprint density at radius 2 is 2.35 bits per heavy atom. The van der Waals surface area contributed by atoms with Crippen molar-refractivity contribution >= 4 is 17.3 Å². The SMILES string of the molecule is Cc1nc(C)c(CN2CCCC(C(=O)O)C2)s1. The number of aromatic nitrogens is 1. The Morgan fingerprint density at radius 3 is 2.94 bits per heavy atom. The zero-order valence-corrected chi connectivity index (χ0v) is 11.1. The van der Waals surface area contributed by atoms with Crippen LogP contribution in [-0.4, -0.2) is 34.0 Å². The molecule has 2 heterocycles. The second kappa shape index (κ2) is 5.14. The van der Waals surface area contributed by atoms with Crippen LogP contribution in [0.25, 0.3) is 0 Å². The van der Waals surface area contributed by atoms with Gasteiger partial charge in [-0.2, -0.15) is 0 Å². The molecule has 1 saturated heterocycles. The van der Waals surface area contributed by atoms with E-state index in [1.54, 1.807) is 11.3 Å². The fourth-order valence-electron chi connectivity index (χ4n) is 2.32. The Balaban J connectivity index is 1.99. The van der Waals surface area contributed by atoms with Gasteiger partial charge in [-0.3, -0.25) is 9.69 Å². The maximum Gasteiger partial charge on any atom is 0.307 e. The van der Waals surface area contributed by atoms with Crippen LogP contribution in [0.4, 0.5) is 0 Å². The summed E-state index contributed by atoms with van der Waals surface area (Å²) in [6.07, 6.45) is 1.79. The first-order chi connectivity index (χ1) is 8.06. The highest BCUT2D eigenvalue weighted by molar-refractivity contribution is 7.11. The number of carbonyl (C=O) groups is 1. The highest BCUT2D eigenvalue weighted by atomic mass is 32.1. The van der Waals surface area contributed by atoms with E-state index < -0.39 is 5.97 Å². The molecule has 0 aromatic carbocycles. The summed E-state index contributed by atoms with van der Waals surface area (Å²) in [4.78, 5) is 18.9. The van der Waals surface area contributed by atoms with Crippen molar-refractivity contribution in [1.82, 2.24) is 9.88 Å². The molecule has 5 heteroatoms. The average Bonchev–Trinajstić information content (AvgIpc) is 2.58. The molecular formula is C12H18N2O2S. The number of rotatable bonds is 3. The molecular weight excluding hydrogens is 236 g/mol. The van der Waals surface area contributed by atoms with Crippen LogP contribution in [0.3, 0.4) is 0 Å². The number of hydrogen-bond acceptors (Lipinski definition) is 4. The van der Waals surface area contributed by atoms with Gasteiger partial charge in [-0.25, -0.2) is 4.98 Å². The zero-order valence-electron chi connectivity index (χ0n) is 10.3. The molecule has 1 N–H and O–H groups in total. The summed E-state index contributed by atoms with van der Waals surface area (Å²) >= 11 is 1.72. The predicted octanol–water partition coefficient (Wildman–Crippen LogP) is 2.06. The van der Waals surface area contributed by atoms with Crippen molar-refractivity contribution in [2.24, 2.45) is 5.92 Å². The van der Waals surface area contributed by atoms with E-state index in [-0.39, 0.29) is 5.92 Å². The lowest BCUT2D eigenvalue weighted by atomic mass is 9.98. The summed E-state index contributed by atoms with van der Waals surface area (Å²) in [5, 5.41) is 10.1. The van der Waals surface area contributed by atoms with Crippen molar-refractivity contribution in [3.8, 4) is 0 Å². The molecule has 0 amide bonds. The van der Waals surface area contributed by atoms with E-state index in [1.165, 1.54) is 4.88 Å². The first-order valence-corrected chi connectivity index (χ1v) is 6.76. The second-order valence-electron chi connectivity index (χ2n) is 4.65. The van der Waals surface area contributed by atoms with Gasteiger partial charge in [0.15, 0.2) is 0 Å². The first-order valence-electron chi connectivity index (χ1n) is 5.94. The number of aliphatic carboxylic acids is 1. The molecule has 1 aliphatic heterocycles. The van der Waals surface area contributed by atoms with E-state index in [2.05, 4.69) is 9.88 Å². The molecule has 0 radical (unpaired) electrons. The Bertz CT molecular complexity index is 417. The fraction of sp³-hybridized carbons (Fsp3) is 0.667. The molecule has 1 atom stereocenters. The Morgan fingerprint density at radius 1 is 1.59 bits per heavy atom. The van der Waals surface area contributed by atoms with Crippen LogP contribution in [0, 0.1) is 19.8 Å². The van der Waals surface area contributed by atoms with Gasteiger partial charge in [0.05, 0.1) is 16.6 Å². The Kier molecular flexibility index (Phi) is 3.79. The van der Waals surface area contributed by atoms with Crippen LogP contribution in [-0.2, 0) is 11.3 Å². The first kappa shape index (κ1) is 12.5. The van der Waals surface area contributed by atoms with Gasteiger partial charge < -0.3 is 5.11 Å². The van der Waals surface area contributed by atoms with Crippen molar-refractivity contribution in [2.75, 3.05) is 13.1 Å². The van der Waals surface area contributed by atoms with E-state index in [4.69, 9.17) is 5.11 Å². The summed E-state index contributed by atoms with van der Waals surface area (Å²) in [6.45, 7) is 6.56. The van der Waals surface area contributed by atoms with Crippen molar-refractivity contribution in [2.45, 2.75) is 33.2 Å². The third-order valence-corrected chi connectivity index (χ3v) is 4.28. The number of carboxylic acids is 1. The molecule has 4 nitrogen and oxygen atoms in total. The summed E-state index contributed by atoms with van der Waals surface area (Å²) in [6, 6.07) is 0. The summed E-state index contributed by atoms with van der Waals surface area (Å²) < 4.78 is 0. The standard InChI is InChI=1S/C12H18N2O2S/c1-8-11(17-9(2)13-8)7-14-5-3-4-10(6-14)12(15)16/h10H,3-7H2,1-2H3,(H,15,16). The highest BCUT2D eigenvalue weighted by Crippen LogP contribution is 2.23. The summed E-state index contributed by atoms with van der Waals surface area (Å²) in [7, 11) is 0. The summed E-state index contributed by atoms with van der Waals surface area (Å²) in [5.74, 6) is -0.856. The Labute approximate surface area is 105 Å². The van der Waals surface area contributed by atoms with Gasteiger partial charge >= 0.3 is 5.97 Å². The van der Waals surface area contributed by atoms with Gasteiger partial charge in [0.2, 0.25) is 0 Å². The third-order valence-electron chi connectivity index (χ3n) is 3.22. The molecule has 1 unspecified atom stereocenters. The monoisotopic (exact) mass is 254 g/mol. The number of carboxylic acid groups (broad SMARTS) is 1. The quantitative estimate of drug-likeness (QED) is 0.897. The van der Waals surface area contributed by atoms with Gasteiger partial charge in [0.25, 0.3) is 0 Å². The molecule has 0 saturated carbocycles. The van der Waals surface area contributed by atoms with E-state index in [9.17, 15) is 4.79 Å². The maximum atomic E-state index is 11.0. The maximum absolute atomic E-state index is 11.0. The number of thiazole rings is 1. The van der Waals surface area contributed by atoms with Crippen LogP contribution < -0.4 is 0 Å². The molecule has 0 spiro atoms. The molecule has 94 valence electrons. The minimum atomic E-state index is -0.660. The van der Waals surface area contributed by atoms with Gasteiger partial charge in [-0.05, 0) is 33.2 Å². The van der Waals surface area contributed by atoms with Crippen molar-refractivity contribution < 1.29 is 9.90 Å². The van der Waals surface area contributed by atoms with Crippen LogP contribution >= 0.6 is 11.3 Å². The van der Waals surface area contributed by atoms with Gasteiger partial charge in [0, 0.05) is 18.0 Å². The predicted molar refractivity (Wildman–Crippen MR) is 67.2 cm³/mol. The van der Waals surface area contributed by atoms with Gasteiger partial charge in [-0.1, -0.05) is 0 Å². The van der Waals surface area contributed by atoms with Gasteiger partial charge in [-0.15, -0.1) is 11.3 Å². The molecule has 1 aliphatic rings. The highest BCUT2D eigenvalue weighted by Gasteiger charge is 2.25. The number of hydrogen-bond donors (Lipinski definition) is 1. The molecule has 0 aliphatic carbocycles. The van der Waals surface area contributed by atoms with E-state index >= 15 is 0 Å². The molecule has 1 aromatic heterocycles. The molecule has 2 rings (SSSR count). The lowest BCUT2D eigenvalue weighted by Gasteiger charge is -2.30. The van der Waals surface area contributed by atoms with E-state index in [0.29, 0.717) is 6.54 Å². The number of nitrogens with zero attached hydrogens (tertiary/aromatic N) is 2. The number of likely N-dealkylation sites (tertiary alicyclic amines) is 1. The van der Waals surface area contributed by atoms with Crippen LogP contribution in [0.15, 0.2) is 0 Å². The van der Waals surface area contributed by atoms with Gasteiger partial charge in [0.1, 0.15) is 0 Å². The third kappa shape index (κ3) is 3.04. The number of aryl methyl sites for hydroxylation is 2. The fourth-order valence-corrected chi connectivity index (χ4v) is 3.30.